The largest absolute Gasteiger partial charge is 0.497 e. The van der Waals surface area contributed by atoms with Crippen LogP contribution in [-0.2, 0) is 0 Å². The van der Waals surface area contributed by atoms with E-state index in [1.165, 1.54) is 0 Å². The number of benzene rings is 2. The van der Waals surface area contributed by atoms with Gasteiger partial charge in [0.15, 0.2) is 5.41 Å². The fourth-order valence-electron chi connectivity index (χ4n) is 3.31. The molecule has 1 atom stereocenters. The molecule has 3 rings (SSSR count). The lowest BCUT2D eigenvalue weighted by molar-refractivity contribution is 0.415. The Hall–Kier alpha value is -4.01. The number of rotatable bonds is 3. The number of nitriles is 3. The van der Waals surface area contributed by atoms with Crippen molar-refractivity contribution >= 4 is 5.57 Å². The fourth-order valence-corrected chi connectivity index (χ4v) is 3.31. The Bertz CT molecular complexity index is 1030. The molecular weight excluding hydrogens is 336 g/mol. The van der Waals surface area contributed by atoms with Gasteiger partial charge in [-0.3, -0.25) is 0 Å². The topological polar surface area (TPSA) is 107 Å². The second kappa shape index (κ2) is 7.08. The molecule has 0 aliphatic heterocycles. The number of nitrogens with zero attached hydrogens (tertiary/aromatic N) is 3. The molecule has 0 saturated heterocycles. The van der Waals surface area contributed by atoms with E-state index >= 15 is 0 Å². The number of nitrogens with two attached hydrogens (primary N) is 1. The Kier molecular flexibility index (Phi) is 4.67. The lowest BCUT2D eigenvalue weighted by Crippen LogP contribution is -2.35. The van der Waals surface area contributed by atoms with Crippen LogP contribution in [0.3, 0.4) is 0 Å². The van der Waals surface area contributed by atoms with Crippen molar-refractivity contribution in [3.05, 3.63) is 83.1 Å². The van der Waals surface area contributed by atoms with Crippen LogP contribution in [0.4, 0.5) is 0 Å². The molecule has 0 saturated carbocycles. The van der Waals surface area contributed by atoms with Crippen molar-refractivity contribution in [2.45, 2.75) is 5.92 Å². The van der Waals surface area contributed by atoms with Crippen LogP contribution in [0.1, 0.15) is 17.0 Å². The van der Waals surface area contributed by atoms with Crippen molar-refractivity contribution in [3.63, 3.8) is 0 Å². The molecule has 27 heavy (non-hydrogen) atoms. The SMILES string of the molecule is COc1ccc(C2=CC(c3ccccc3)C(C#N)(C#N)C(N)=C2C#N)cc1. The first-order valence-corrected chi connectivity index (χ1v) is 8.25. The van der Waals surface area contributed by atoms with Crippen LogP contribution < -0.4 is 10.5 Å². The molecule has 0 aromatic heterocycles. The lowest BCUT2D eigenvalue weighted by atomic mass is 9.65. The van der Waals surface area contributed by atoms with E-state index in [4.69, 9.17) is 10.5 Å². The maximum absolute atomic E-state index is 9.84. The zero-order chi connectivity index (χ0) is 19.4. The zero-order valence-electron chi connectivity index (χ0n) is 14.7. The van der Waals surface area contributed by atoms with Gasteiger partial charge in [0, 0.05) is 5.92 Å². The molecule has 0 fully saturated rings. The summed E-state index contributed by atoms with van der Waals surface area (Å²) in [5, 5.41) is 29.4. The van der Waals surface area contributed by atoms with Crippen molar-refractivity contribution in [2.75, 3.05) is 7.11 Å². The molecule has 2 aromatic carbocycles. The third kappa shape index (κ3) is 2.80. The minimum atomic E-state index is -1.64. The average molecular weight is 352 g/mol. The van der Waals surface area contributed by atoms with Crippen LogP contribution in [0.2, 0.25) is 0 Å². The monoisotopic (exact) mass is 352 g/mol. The molecule has 130 valence electrons. The van der Waals surface area contributed by atoms with Crippen LogP contribution in [-0.4, -0.2) is 7.11 Å². The van der Waals surface area contributed by atoms with Crippen molar-refractivity contribution in [3.8, 4) is 24.0 Å². The molecule has 1 aliphatic rings. The predicted octanol–water partition coefficient (Wildman–Crippen LogP) is 3.65. The van der Waals surface area contributed by atoms with Gasteiger partial charge in [0.2, 0.25) is 0 Å². The minimum Gasteiger partial charge on any atom is -0.497 e. The normalized spacial score (nSPS) is 17.9. The highest BCUT2D eigenvalue weighted by atomic mass is 16.5. The molecule has 0 heterocycles. The second-order valence-electron chi connectivity index (χ2n) is 6.13. The Balaban J connectivity index is 2.26. The zero-order valence-corrected chi connectivity index (χ0v) is 14.7. The number of allylic oxidation sites excluding steroid dienone is 4. The molecule has 0 radical (unpaired) electrons. The van der Waals surface area contributed by atoms with Gasteiger partial charge < -0.3 is 10.5 Å². The summed E-state index contributed by atoms with van der Waals surface area (Å²) in [4.78, 5) is 0. The maximum Gasteiger partial charge on any atom is 0.194 e. The van der Waals surface area contributed by atoms with E-state index in [0.29, 0.717) is 11.3 Å². The summed E-state index contributed by atoms with van der Waals surface area (Å²) < 4.78 is 5.18. The van der Waals surface area contributed by atoms with Gasteiger partial charge in [0.1, 0.15) is 11.8 Å². The molecule has 0 bridgehead atoms. The first kappa shape index (κ1) is 17.8. The molecule has 0 spiro atoms. The molecule has 0 amide bonds. The highest BCUT2D eigenvalue weighted by molar-refractivity contribution is 5.87. The van der Waals surface area contributed by atoms with E-state index in [0.717, 1.165) is 11.1 Å². The van der Waals surface area contributed by atoms with Crippen LogP contribution in [0.15, 0.2) is 71.9 Å². The van der Waals surface area contributed by atoms with Gasteiger partial charge in [-0.15, -0.1) is 0 Å². The maximum atomic E-state index is 9.84. The fraction of sp³-hybridized carbons (Fsp3) is 0.136. The molecule has 2 aromatic rings. The summed E-state index contributed by atoms with van der Waals surface area (Å²) in [5.41, 5.74) is 6.90. The summed E-state index contributed by atoms with van der Waals surface area (Å²) in [6.07, 6.45) is 1.79. The van der Waals surface area contributed by atoms with E-state index in [-0.39, 0.29) is 11.3 Å². The van der Waals surface area contributed by atoms with E-state index in [2.05, 4.69) is 18.2 Å². The number of hydrogen-bond acceptors (Lipinski definition) is 5. The molecule has 1 unspecified atom stereocenters. The number of methoxy groups -OCH3 is 1. The van der Waals surface area contributed by atoms with Crippen molar-refractivity contribution in [2.24, 2.45) is 11.1 Å². The molecule has 2 N–H and O–H groups in total. The molecular formula is C22H16N4O. The third-order valence-electron chi connectivity index (χ3n) is 4.79. The summed E-state index contributed by atoms with van der Waals surface area (Å²) >= 11 is 0. The Morgan fingerprint density at radius 2 is 1.59 bits per heavy atom. The summed E-state index contributed by atoms with van der Waals surface area (Å²) in [6.45, 7) is 0. The van der Waals surface area contributed by atoms with E-state index in [9.17, 15) is 15.8 Å². The lowest BCUT2D eigenvalue weighted by Gasteiger charge is -2.33. The van der Waals surface area contributed by atoms with Gasteiger partial charge in [-0.2, -0.15) is 15.8 Å². The van der Waals surface area contributed by atoms with Gasteiger partial charge in [0.05, 0.1) is 30.5 Å². The second-order valence-corrected chi connectivity index (χ2v) is 6.13. The van der Waals surface area contributed by atoms with Crippen molar-refractivity contribution in [1.82, 2.24) is 0 Å². The summed E-state index contributed by atoms with van der Waals surface area (Å²) in [6, 6.07) is 22.7. The van der Waals surface area contributed by atoms with Gasteiger partial charge in [-0.05, 0) is 28.8 Å². The smallest absolute Gasteiger partial charge is 0.194 e. The number of ether oxygens (including phenoxy) is 1. The average Bonchev–Trinajstić information content (AvgIpc) is 2.74. The Labute approximate surface area is 157 Å². The van der Waals surface area contributed by atoms with Gasteiger partial charge in [-0.1, -0.05) is 48.5 Å². The van der Waals surface area contributed by atoms with Crippen molar-refractivity contribution < 1.29 is 4.74 Å². The minimum absolute atomic E-state index is 0.0165. The summed E-state index contributed by atoms with van der Waals surface area (Å²) in [5.74, 6) is 0.0940. The Morgan fingerprint density at radius 3 is 2.11 bits per heavy atom. The predicted molar refractivity (Wildman–Crippen MR) is 101 cm³/mol. The molecule has 5 heteroatoms. The third-order valence-corrected chi connectivity index (χ3v) is 4.79. The van der Waals surface area contributed by atoms with E-state index in [1.54, 1.807) is 25.3 Å². The van der Waals surface area contributed by atoms with Gasteiger partial charge in [-0.25, -0.2) is 0 Å². The van der Waals surface area contributed by atoms with E-state index < -0.39 is 11.3 Å². The summed E-state index contributed by atoms with van der Waals surface area (Å²) in [7, 11) is 1.58. The van der Waals surface area contributed by atoms with Gasteiger partial charge in [0.25, 0.3) is 0 Å². The quantitative estimate of drug-likeness (QED) is 0.907. The van der Waals surface area contributed by atoms with Gasteiger partial charge >= 0.3 is 0 Å². The first-order chi connectivity index (χ1) is 13.1. The van der Waals surface area contributed by atoms with Crippen LogP contribution in [0.25, 0.3) is 5.57 Å². The van der Waals surface area contributed by atoms with Crippen LogP contribution in [0.5, 0.6) is 5.75 Å². The Morgan fingerprint density at radius 1 is 0.963 bits per heavy atom. The highest BCUT2D eigenvalue weighted by Gasteiger charge is 2.47. The standard InChI is InChI=1S/C22H16N4O/c1-27-17-9-7-15(8-10-17)18-11-20(16-5-3-2-4-6-16)22(13-24,14-25)21(26)19(18)12-23/h2-11,20H,26H2,1H3. The molecule has 5 nitrogen and oxygen atoms in total. The van der Waals surface area contributed by atoms with Crippen LogP contribution >= 0.6 is 0 Å². The highest BCUT2D eigenvalue weighted by Crippen LogP contribution is 2.48. The van der Waals surface area contributed by atoms with E-state index in [1.807, 2.05) is 42.5 Å². The number of hydrogen-bond donors (Lipinski definition) is 1. The molecule has 1 aliphatic carbocycles. The first-order valence-electron chi connectivity index (χ1n) is 8.25. The van der Waals surface area contributed by atoms with Crippen molar-refractivity contribution in [1.29, 1.82) is 15.8 Å². The van der Waals surface area contributed by atoms with Crippen LogP contribution in [0, 0.1) is 39.4 Å².